The average molecular weight is 274 g/mol. The van der Waals surface area contributed by atoms with Crippen LogP contribution in [-0.4, -0.2) is 17.2 Å². The third-order valence-electron chi connectivity index (χ3n) is 5.23. The molecule has 2 unspecified atom stereocenters. The molecular weight excluding hydrogens is 248 g/mol. The summed E-state index contributed by atoms with van der Waals surface area (Å²) in [5.41, 5.74) is 9.19. The van der Waals surface area contributed by atoms with Gasteiger partial charge in [0.05, 0.1) is 5.60 Å². The third kappa shape index (κ3) is 2.75. The van der Waals surface area contributed by atoms with Gasteiger partial charge < -0.3 is 10.5 Å². The second kappa shape index (κ2) is 5.82. The molecule has 3 nitrogen and oxygen atoms in total. The minimum atomic E-state index is 0.126. The second-order valence-electron chi connectivity index (χ2n) is 6.60. The van der Waals surface area contributed by atoms with Gasteiger partial charge >= 0.3 is 0 Å². The first-order valence-electron chi connectivity index (χ1n) is 8.00. The molecule has 1 aliphatic carbocycles. The Morgan fingerprint density at radius 3 is 2.90 bits per heavy atom. The summed E-state index contributed by atoms with van der Waals surface area (Å²) in [6.07, 6.45) is 12.5. The van der Waals surface area contributed by atoms with Crippen LogP contribution >= 0.6 is 0 Å². The van der Waals surface area contributed by atoms with Crippen LogP contribution in [0.3, 0.4) is 0 Å². The molecular formula is C17H26N2O. The number of nitrogens with two attached hydrogens (primary N) is 1. The normalized spacial score (nSPS) is 27.4. The number of rotatable bonds is 2. The Balaban J connectivity index is 1.75. The zero-order valence-corrected chi connectivity index (χ0v) is 12.5. The number of hydrogen-bond acceptors (Lipinski definition) is 3. The topological polar surface area (TPSA) is 48.1 Å². The first kappa shape index (κ1) is 14.0. The highest BCUT2D eigenvalue weighted by Crippen LogP contribution is 2.43. The predicted octanol–water partition coefficient (Wildman–Crippen LogP) is 3.52. The van der Waals surface area contributed by atoms with E-state index in [9.17, 15) is 0 Å². The van der Waals surface area contributed by atoms with E-state index in [-0.39, 0.29) is 11.6 Å². The molecule has 110 valence electrons. The van der Waals surface area contributed by atoms with Crippen molar-refractivity contribution in [1.29, 1.82) is 0 Å². The Hall–Kier alpha value is -0.930. The Kier molecular flexibility index (Phi) is 4.08. The standard InChI is InChI=1S/C17H26N2O/c1-13-12-19-9-5-15(13)16(18)14-6-10-20-17(11-14)7-3-2-4-8-17/h5,9,12,14,16H,2-4,6-8,10-11,18H2,1H3. The summed E-state index contributed by atoms with van der Waals surface area (Å²) in [5.74, 6) is 0.544. The van der Waals surface area contributed by atoms with Crippen LogP contribution in [0, 0.1) is 12.8 Å². The van der Waals surface area contributed by atoms with Gasteiger partial charge in [-0.3, -0.25) is 4.98 Å². The van der Waals surface area contributed by atoms with E-state index in [1.807, 2.05) is 12.4 Å². The average Bonchev–Trinajstić information content (AvgIpc) is 2.48. The van der Waals surface area contributed by atoms with Gasteiger partial charge in [0.2, 0.25) is 0 Å². The predicted molar refractivity (Wildman–Crippen MR) is 80.4 cm³/mol. The van der Waals surface area contributed by atoms with E-state index < -0.39 is 0 Å². The van der Waals surface area contributed by atoms with Crippen molar-refractivity contribution in [2.45, 2.75) is 63.5 Å². The zero-order chi connectivity index (χ0) is 14.0. The highest BCUT2D eigenvalue weighted by molar-refractivity contribution is 5.25. The number of pyridine rings is 1. The summed E-state index contributed by atoms with van der Waals surface area (Å²) < 4.78 is 6.19. The number of ether oxygens (including phenoxy) is 1. The molecule has 0 bridgehead atoms. The highest BCUT2D eigenvalue weighted by atomic mass is 16.5. The van der Waals surface area contributed by atoms with Crippen molar-refractivity contribution >= 4 is 0 Å². The van der Waals surface area contributed by atoms with Crippen molar-refractivity contribution in [3.63, 3.8) is 0 Å². The highest BCUT2D eigenvalue weighted by Gasteiger charge is 2.40. The molecule has 2 fully saturated rings. The Labute approximate surface area is 121 Å². The molecule has 1 saturated heterocycles. The minimum absolute atomic E-state index is 0.126. The Morgan fingerprint density at radius 2 is 2.15 bits per heavy atom. The van der Waals surface area contributed by atoms with E-state index in [1.165, 1.54) is 43.2 Å². The maximum Gasteiger partial charge on any atom is 0.0685 e. The zero-order valence-electron chi connectivity index (χ0n) is 12.5. The van der Waals surface area contributed by atoms with E-state index >= 15 is 0 Å². The van der Waals surface area contributed by atoms with Gasteiger partial charge in [0.25, 0.3) is 0 Å². The van der Waals surface area contributed by atoms with Crippen molar-refractivity contribution in [2.75, 3.05) is 6.61 Å². The first-order valence-corrected chi connectivity index (χ1v) is 8.00. The smallest absolute Gasteiger partial charge is 0.0685 e. The molecule has 3 heteroatoms. The van der Waals surface area contributed by atoms with Crippen molar-refractivity contribution < 1.29 is 4.74 Å². The number of hydrogen-bond donors (Lipinski definition) is 1. The lowest BCUT2D eigenvalue weighted by molar-refractivity contribution is -0.120. The fourth-order valence-electron chi connectivity index (χ4n) is 4.03. The Morgan fingerprint density at radius 1 is 1.35 bits per heavy atom. The van der Waals surface area contributed by atoms with Crippen LogP contribution in [0.5, 0.6) is 0 Å². The van der Waals surface area contributed by atoms with Gasteiger partial charge in [-0.05, 0) is 55.7 Å². The van der Waals surface area contributed by atoms with Gasteiger partial charge in [-0.15, -0.1) is 0 Å². The van der Waals surface area contributed by atoms with Crippen LogP contribution in [-0.2, 0) is 4.74 Å². The van der Waals surface area contributed by atoms with Gasteiger partial charge in [-0.25, -0.2) is 0 Å². The summed E-state index contributed by atoms with van der Waals surface area (Å²) >= 11 is 0. The summed E-state index contributed by atoms with van der Waals surface area (Å²) in [7, 11) is 0. The van der Waals surface area contributed by atoms with Crippen molar-refractivity contribution in [3.05, 3.63) is 29.6 Å². The van der Waals surface area contributed by atoms with Crippen molar-refractivity contribution in [2.24, 2.45) is 11.7 Å². The second-order valence-corrected chi connectivity index (χ2v) is 6.60. The largest absolute Gasteiger partial charge is 0.375 e. The maximum absolute atomic E-state index is 6.58. The third-order valence-corrected chi connectivity index (χ3v) is 5.23. The minimum Gasteiger partial charge on any atom is -0.375 e. The lowest BCUT2D eigenvalue weighted by Crippen LogP contribution is -2.44. The van der Waals surface area contributed by atoms with Crippen LogP contribution in [0.1, 0.15) is 62.1 Å². The number of nitrogens with zero attached hydrogens (tertiary/aromatic N) is 1. The SMILES string of the molecule is Cc1cnccc1C(N)C1CCOC2(CCCCC2)C1. The van der Waals surface area contributed by atoms with Crippen molar-refractivity contribution in [3.8, 4) is 0 Å². The Bertz CT molecular complexity index is 449. The van der Waals surface area contributed by atoms with Crippen LogP contribution in [0.15, 0.2) is 18.5 Å². The van der Waals surface area contributed by atoms with E-state index in [0.29, 0.717) is 5.92 Å². The molecule has 1 spiro atoms. The molecule has 2 N–H and O–H groups in total. The van der Waals surface area contributed by atoms with Gasteiger partial charge in [-0.1, -0.05) is 19.3 Å². The summed E-state index contributed by atoms with van der Waals surface area (Å²) in [4.78, 5) is 4.18. The van der Waals surface area contributed by atoms with E-state index in [2.05, 4.69) is 18.0 Å². The molecule has 1 aromatic rings. The van der Waals surface area contributed by atoms with Gasteiger partial charge in [0.15, 0.2) is 0 Å². The first-order chi connectivity index (χ1) is 9.70. The van der Waals surface area contributed by atoms with Gasteiger partial charge in [0, 0.05) is 25.0 Å². The van der Waals surface area contributed by atoms with E-state index in [4.69, 9.17) is 10.5 Å². The number of aromatic nitrogens is 1. The lowest BCUT2D eigenvalue weighted by atomic mass is 9.73. The van der Waals surface area contributed by atoms with Crippen LogP contribution in [0.4, 0.5) is 0 Å². The quantitative estimate of drug-likeness (QED) is 0.897. The van der Waals surface area contributed by atoms with Crippen LogP contribution in [0.2, 0.25) is 0 Å². The summed E-state index contributed by atoms with van der Waals surface area (Å²) in [6, 6.07) is 2.21. The molecule has 0 amide bonds. The lowest BCUT2D eigenvalue weighted by Gasteiger charge is -2.45. The fraction of sp³-hybridized carbons (Fsp3) is 0.706. The molecule has 2 atom stereocenters. The van der Waals surface area contributed by atoms with Crippen LogP contribution < -0.4 is 5.73 Å². The summed E-state index contributed by atoms with van der Waals surface area (Å²) in [6.45, 7) is 2.99. The molecule has 2 aliphatic rings. The molecule has 20 heavy (non-hydrogen) atoms. The number of aryl methyl sites for hydroxylation is 1. The molecule has 3 rings (SSSR count). The van der Waals surface area contributed by atoms with Crippen LogP contribution in [0.25, 0.3) is 0 Å². The van der Waals surface area contributed by atoms with E-state index in [1.54, 1.807) is 0 Å². The molecule has 2 heterocycles. The molecule has 0 aromatic carbocycles. The van der Waals surface area contributed by atoms with E-state index in [0.717, 1.165) is 19.4 Å². The molecule has 1 aromatic heterocycles. The molecule has 1 aliphatic heterocycles. The summed E-state index contributed by atoms with van der Waals surface area (Å²) in [5, 5.41) is 0. The monoisotopic (exact) mass is 274 g/mol. The fourth-order valence-corrected chi connectivity index (χ4v) is 4.03. The molecule has 0 radical (unpaired) electrons. The maximum atomic E-state index is 6.58. The molecule has 1 saturated carbocycles. The van der Waals surface area contributed by atoms with Crippen molar-refractivity contribution in [1.82, 2.24) is 4.98 Å². The van der Waals surface area contributed by atoms with Gasteiger partial charge in [-0.2, -0.15) is 0 Å². The van der Waals surface area contributed by atoms with Gasteiger partial charge in [0.1, 0.15) is 0 Å².